The van der Waals surface area contributed by atoms with Gasteiger partial charge >= 0.3 is 78.2 Å². The summed E-state index contributed by atoms with van der Waals surface area (Å²) >= 11 is 0. The van der Waals surface area contributed by atoms with E-state index in [-0.39, 0.29) is 0 Å². The maximum absolute atomic E-state index is 12.4. The number of hydrogen-bond donors (Lipinski definition) is 16. The number of aliphatic hydroxyl groups excluding tert-OH is 4. The molecule has 14 unspecified atom stereocenters. The highest BCUT2D eigenvalue weighted by Crippen LogP contribution is 2.75. The molecule has 16 N–H and O–H groups in total. The Morgan fingerprint density at radius 3 is 0.635 bits per heavy atom. The number of phosphoric acid groups is 10. The summed E-state index contributed by atoms with van der Waals surface area (Å²) < 4.78 is 151. The standard InChI is InChI=1S/C6H22O36P10/c7-1-2(8)4(10)6(34-46(19,20)38-50(27,28)42-52(31,32)40-48(23,24)36-44(14,15)16)5(3(1)9)33-45(17,18)37-49(25,26)41-51(29,30)39-47(21,22)35-43(11,12)13/h1-10H,(H,17,18)(H,19,20)(H,21,22)(H,23,24)(H,25,26)(H,27,28)(H,29,30)(H,31,32)(H2,11,12,13)(H2,14,15,16). The second-order valence-electron chi connectivity index (χ2n) is 8.49. The average Bonchev–Trinajstić information content (AvgIpc) is 2.75. The molecule has 36 nitrogen and oxygen atoms in total. The summed E-state index contributed by atoms with van der Waals surface area (Å²) in [5, 5.41) is 40.1. The number of rotatable bonds is 20. The Morgan fingerprint density at radius 1 is 0.269 bits per heavy atom. The third kappa shape index (κ3) is 18.7. The first-order valence-electron chi connectivity index (χ1n) is 11.0. The van der Waals surface area contributed by atoms with Crippen LogP contribution in [-0.2, 0) is 89.2 Å². The summed E-state index contributed by atoms with van der Waals surface area (Å²) in [6, 6.07) is 0. The van der Waals surface area contributed by atoms with Gasteiger partial charge in [-0.1, -0.05) is 0 Å². The molecular weight excluding hydrogens is 958 g/mol. The maximum Gasteiger partial charge on any atom is 0.490 e. The predicted octanol–water partition coefficient (Wildman–Crippen LogP) is -2.66. The first kappa shape index (κ1) is 51.3. The molecule has 0 aromatic heterocycles. The van der Waals surface area contributed by atoms with E-state index in [1.165, 1.54) is 0 Å². The third-order valence-electron chi connectivity index (χ3n) is 4.21. The first-order valence-corrected chi connectivity index (χ1v) is 26.0. The van der Waals surface area contributed by atoms with Crippen molar-refractivity contribution in [3.63, 3.8) is 0 Å². The number of hydrogen-bond acceptors (Lipinski definition) is 24. The maximum atomic E-state index is 12.4. The van der Waals surface area contributed by atoms with E-state index >= 15 is 0 Å². The Morgan fingerprint density at radius 2 is 0.442 bits per heavy atom. The van der Waals surface area contributed by atoms with Gasteiger partial charge in [0.25, 0.3) is 0 Å². The van der Waals surface area contributed by atoms with E-state index in [2.05, 4.69) is 43.5 Å². The molecule has 1 saturated carbocycles. The van der Waals surface area contributed by atoms with Crippen LogP contribution in [0.3, 0.4) is 0 Å². The van der Waals surface area contributed by atoms with E-state index in [1.54, 1.807) is 0 Å². The van der Waals surface area contributed by atoms with Gasteiger partial charge < -0.3 is 79.1 Å². The van der Waals surface area contributed by atoms with Gasteiger partial charge in [-0.3, -0.25) is 9.05 Å². The Kier molecular flexibility index (Phi) is 17.0. The van der Waals surface area contributed by atoms with Gasteiger partial charge in [0.2, 0.25) is 0 Å². The van der Waals surface area contributed by atoms with E-state index in [4.69, 9.17) is 29.4 Å². The summed E-state index contributed by atoms with van der Waals surface area (Å²) in [6.07, 6.45) is -18.1. The molecule has 1 aliphatic rings. The average molecular weight is 980 g/mol. The highest BCUT2D eigenvalue weighted by atomic mass is 31.3. The molecule has 312 valence electrons. The fourth-order valence-electron chi connectivity index (χ4n) is 2.91. The van der Waals surface area contributed by atoms with Crippen LogP contribution in [0, 0.1) is 0 Å². The largest absolute Gasteiger partial charge is 0.490 e. The van der Waals surface area contributed by atoms with Gasteiger partial charge in [0.15, 0.2) is 0 Å². The van der Waals surface area contributed by atoms with Crippen LogP contribution in [0.15, 0.2) is 0 Å². The van der Waals surface area contributed by atoms with Crippen molar-refractivity contribution < 1.29 is 168 Å². The molecule has 0 aliphatic heterocycles. The summed E-state index contributed by atoms with van der Waals surface area (Å²) in [5.41, 5.74) is 0. The van der Waals surface area contributed by atoms with Crippen molar-refractivity contribution in [2.75, 3.05) is 0 Å². The third-order valence-corrected chi connectivity index (χ3v) is 18.5. The highest BCUT2D eigenvalue weighted by molar-refractivity contribution is 7.72. The molecule has 1 fully saturated rings. The lowest BCUT2D eigenvalue weighted by molar-refractivity contribution is -0.215. The second kappa shape index (κ2) is 17.2. The van der Waals surface area contributed by atoms with Crippen LogP contribution in [0.1, 0.15) is 0 Å². The minimum atomic E-state index is -6.76. The lowest BCUT2D eigenvalue weighted by Crippen LogP contribution is -2.64. The van der Waals surface area contributed by atoms with Gasteiger partial charge in [-0.15, -0.1) is 0 Å². The second-order valence-corrected chi connectivity index (χ2v) is 23.6. The van der Waals surface area contributed by atoms with Gasteiger partial charge in [0, 0.05) is 0 Å². The van der Waals surface area contributed by atoms with Crippen LogP contribution < -0.4 is 0 Å². The van der Waals surface area contributed by atoms with Crippen LogP contribution in [0.4, 0.5) is 0 Å². The van der Waals surface area contributed by atoms with Gasteiger partial charge in [-0.05, 0) is 0 Å². The Hall–Kier alpha value is 1.26. The predicted molar refractivity (Wildman–Crippen MR) is 145 cm³/mol. The van der Waals surface area contributed by atoms with E-state index in [0.717, 1.165) is 0 Å². The lowest BCUT2D eigenvalue weighted by atomic mass is 9.85. The zero-order valence-corrected chi connectivity index (χ0v) is 32.2. The topological polar surface area (TPSA) is 587 Å². The van der Waals surface area contributed by atoms with Crippen LogP contribution in [-0.4, -0.2) is 116 Å². The van der Waals surface area contributed by atoms with E-state index in [1.807, 2.05) is 0 Å². The van der Waals surface area contributed by atoms with Crippen LogP contribution >= 0.6 is 78.2 Å². The summed E-state index contributed by atoms with van der Waals surface area (Å²) in [4.78, 5) is 109. The van der Waals surface area contributed by atoms with Crippen molar-refractivity contribution in [1.29, 1.82) is 0 Å². The lowest BCUT2D eigenvalue weighted by Gasteiger charge is -2.43. The Balaban J connectivity index is 3.29. The van der Waals surface area contributed by atoms with Gasteiger partial charge in [0.1, 0.15) is 36.6 Å². The van der Waals surface area contributed by atoms with E-state index < -0.39 is 115 Å². The normalized spacial score (nSPS) is 32.7. The molecular formula is C6H22O36P10. The highest BCUT2D eigenvalue weighted by Gasteiger charge is 2.57. The summed E-state index contributed by atoms with van der Waals surface area (Å²) in [6.45, 7) is 0. The number of aliphatic hydroxyl groups is 4. The molecule has 0 amide bonds. The van der Waals surface area contributed by atoms with Crippen LogP contribution in [0.5, 0.6) is 0 Å². The SMILES string of the molecule is O=P(O)(O)OP(=O)(O)OP(=O)(O)OP(=O)(O)OP(=O)(O)OC1C(O)C(O)C(O)C(O)C1OP(=O)(O)OP(=O)(O)OP(=O)(O)OP(=O)(O)OP(=O)(O)O. The molecule has 0 saturated heterocycles. The molecule has 0 bridgehead atoms. The Bertz CT molecular complexity index is 1650. The molecule has 14 atom stereocenters. The minimum absolute atomic E-state index is 2.79. The van der Waals surface area contributed by atoms with Crippen LogP contribution in [0.25, 0.3) is 0 Å². The van der Waals surface area contributed by atoms with Crippen molar-refractivity contribution in [2.45, 2.75) is 36.6 Å². The quantitative estimate of drug-likeness (QED) is 0.0553. The number of phosphoric ester groups is 2. The minimum Gasteiger partial charge on any atom is -0.387 e. The van der Waals surface area contributed by atoms with E-state index in [9.17, 15) is 95.4 Å². The fraction of sp³-hybridized carbons (Fsp3) is 1.00. The van der Waals surface area contributed by atoms with Gasteiger partial charge in [-0.25, -0.2) is 45.7 Å². The first-order chi connectivity index (χ1) is 22.5. The molecule has 1 rings (SSSR count). The van der Waals surface area contributed by atoms with Crippen molar-refractivity contribution in [3.8, 4) is 0 Å². The zero-order valence-electron chi connectivity index (χ0n) is 23.3. The molecule has 0 aromatic carbocycles. The van der Waals surface area contributed by atoms with Crippen molar-refractivity contribution >= 4 is 78.2 Å². The molecule has 0 spiro atoms. The molecule has 0 radical (unpaired) electrons. The van der Waals surface area contributed by atoms with Crippen LogP contribution in [0.2, 0.25) is 0 Å². The fourth-order valence-corrected chi connectivity index (χ4v) is 15.1. The molecule has 52 heavy (non-hydrogen) atoms. The van der Waals surface area contributed by atoms with Gasteiger partial charge in [0.05, 0.1) is 0 Å². The molecule has 0 aromatic rings. The Labute approximate surface area is 283 Å². The smallest absolute Gasteiger partial charge is 0.387 e. The summed E-state index contributed by atoms with van der Waals surface area (Å²) in [7, 11) is -64.9. The summed E-state index contributed by atoms with van der Waals surface area (Å²) in [5.74, 6) is 0. The van der Waals surface area contributed by atoms with Crippen molar-refractivity contribution in [1.82, 2.24) is 0 Å². The monoisotopic (exact) mass is 980 g/mol. The van der Waals surface area contributed by atoms with Gasteiger partial charge in [-0.2, -0.15) is 34.5 Å². The molecule has 1 aliphatic carbocycles. The van der Waals surface area contributed by atoms with Crippen molar-refractivity contribution in [2.24, 2.45) is 0 Å². The van der Waals surface area contributed by atoms with E-state index in [0.29, 0.717) is 0 Å². The molecule has 46 heteroatoms. The zero-order chi connectivity index (χ0) is 41.5. The van der Waals surface area contributed by atoms with Crippen molar-refractivity contribution in [3.05, 3.63) is 0 Å². The molecule has 0 heterocycles.